The molecule has 0 atom stereocenters. The molecule has 24 heavy (non-hydrogen) atoms. The van der Waals surface area contributed by atoms with Gasteiger partial charge in [0.15, 0.2) is 5.78 Å². The Morgan fingerprint density at radius 2 is 1.62 bits per heavy atom. The molecule has 2 rings (SSSR count). The summed E-state index contributed by atoms with van der Waals surface area (Å²) in [4.78, 5) is 35.8. The van der Waals surface area contributed by atoms with Crippen LogP contribution in [0.5, 0.6) is 0 Å². The van der Waals surface area contributed by atoms with E-state index in [0.29, 0.717) is 16.7 Å². The highest BCUT2D eigenvalue weighted by Crippen LogP contribution is 2.29. The van der Waals surface area contributed by atoms with Crippen molar-refractivity contribution in [3.63, 3.8) is 0 Å². The van der Waals surface area contributed by atoms with Gasteiger partial charge in [-0.1, -0.05) is 36.4 Å². The molecule has 6 nitrogen and oxygen atoms in total. The Morgan fingerprint density at radius 1 is 1.00 bits per heavy atom. The molecule has 0 aliphatic rings. The number of benzene rings is 2. The molecule has 0 saturated carbocycles. The Bertz CT molecular complexity index is 767. The highest BCUT2D eigenvalue weighted by molar-refractivity contribution is 5.98. The van der Waals surface area contributed by atoms with Crippen molar-refractivity contribution in [1.82, 2.24) is 4.90 Å². The van der Waals surface area contributed by atoms with Crippen LogP contribution in [0.15, 0.2) is 48.5 Å². The lowest BCUT2D eigenvalue weighted by atomic mass is 9.99. The van der Waals surface area contributed by atoms with E-state index in [1.807, 2.05) is 0 Å². The molecule has 0 aliphatic heterocycles. The summed E-state index contributed by atoms with van der Waals surface area (Å²) in [6, 6.07) is 13.1. The molecule has 0 fully saturated rings. The number of nitro groups is 1. The van der Waals surface area contributed by atoms with Crippen LogP contribution in [0.2, 0.25) is 0 Å². The smallest absolute Gasteiger partial charge is 0.277 e. The molecule has 0 N–H and O–H groups in total. The molecule has 0 spiro atoms. The molecule has 6 heteroatoms. The largest absolute Gasteiger partial charge is 0.349 e. The standard InChI is InChI=1S/C18H18N2O4/c1-19(2)18(22)12-11-17(21)14-9-7-13(8-10-14)15-5-3-4-6-16(15)20(23)24/h3-10H,11-12H2,1-2H3. The third kappa shape index (κ3) is 4.04. The van der Waals surface area contributed by atoms with E-state index in [-0.39, 0.29) is 30.2 Å². The summed E-state index contributed by atoms with van der Waals surface area (Å²) in [6.07, 6.45) is 0.305. The lowest BCUT2D eigenvalue weighted by Crippen LogP contribution is -2.22. The Kier molecular flexibility index (Phi) is 5.42. The summed E-state index contributed by atoms with van der Waals surface area (Å²) in [7, 11) is 3.29. The first kappa shape index (κ1) is 17.3. The Hall–Kier alpha value is -3.02. The molecule has 0 saturated heterocycles. The maximum atomic E-state index is 12.1. The van der Waals surface area contributed by atoms with Crippen molar-refractivity contribution in [2.24, 2.45) is 0 Å². The molecule has 1 amide bonds. The molecule has 2 aromatic rings. The van der Waals surface area contributed by atoms with Crippen molar-refractivity contribution in [3.05, 3.63) is 64.2 Å². The fourth-order valence-corrected chi connectivity index (χ4v) is 2.30. The summed E-state index contributed by atoms with van der Waals surface area (Å²) < 4.78 is 0. The topological polar surface area (TPSA) is 80.5 Å². The van der Waals surface area contributed by atoms with Crippen molar-refractivity contribution in [2.75, 3.05) is 14.1 Å². The number of carbonyl (C=O) groups is 2. The number of hydrogen-bond acceptors (Lipinski definition) is 4. The van der Waals surface area contributed by atoms with E-state index >= 15 is 0 Å². The van der Waals surface area contributed by atoms with Crippen LogP contribution >= 0.6 is 0 Å². The summed E-state index contributed by atoms with van der Waals surface area (Å²) in [6.45, 7) is 0. The van der Waals surface area contributed by atoms with Crippen molar-refractivity contribution in [1.29, 1.82) is 0 Å². The fraction of sp³-hybridized carbons (Fsp3) is 0.222. The van der Waals surface area contributed by atoms with Crippen molar-refractivity contribution in [3.8, 4) is 11.1 Å². The number of para-hydroxylation sites is 1. The minimum absolute atomic E-state index is 0.0214. The van der Waals surface area contributed by atoms with Crippen LogP contribution in [-0.4, -0.2) is 35.6 Å². The first-order chi connectivity index (χ1) is 11.4. The fourth-order valence-electron chi connectivity index (χ4n) is 2.30. The van der Waals surface area contributed by atoms with E-state index in [1.165, 1.54) is 11.0 Å². The van der Waals surface area contributed by atoms with Gasteiger partial charge in [-0.25, -0.2) is 0 Å². The third-order valence-electron chi connectivity index (χ3n) is 3.68. The van der Waals surface area contributed by atoms with Crippen LogP contribution in [0.3, 0.4) is 0 Å². The van der Waals surface area contributed by atoms with Gasteiger partial charge in [0.05, 0.1) is 10.5 Å². The lowest BCUT2D eigenvalue weighted by molar-refractivity contribution is -0.384. The summed E-state index contributed by atoms with van der Waals surface area (Å²) in [5.74, 6) is -0.223. The maximum Gasteiger partial charge on any atom is 0.277 e. The second-order valence-electron chi connectivity index (χ2n) is 5.56. The molecular formula is C18H18N2O4. The zero-order chi connectivity index (χ0) is 17.7. The monoisotopic (exact) mass is 326 g/mol. The van der Waals surface area contributed by atoms with E-state index in [4.69, 9.17) is 0 Å². The van der Waals surface area contributed by atoms with Crippen LogP contribution in [0, 0.1) is 10.1 Å². The number of nitro benzene ring substituents is 1. The van der Waals surface area contributed by atoms with Crippen molar-refractivity contribution >= 4 is 17.4 Å². The average Bonchev–Trinajstić information content (AvgIpc) is 2.59. The molecule has 0 aliphatic carbocycles. The Morgan fingerprint density at radius 3 is 2.21 bits per heavy atom. The normalized spacial score (nSPS) is 10.2. The Balaban J connectivity index is 2.15. The van der Waals surface area contributed by atoms with Gasteiger partial charge in [-0.05, 0) is 11.6 Å². The van der Waals surface area contributed by atoms with Crippen molar-refractivity contribution in [2.45, 2.75) is 12.8 Å². The van der Waals surface area contributed by atoms with Crippen LogP contribution in [0.25, 0.3) is 11.1 Å². The second-order valence-corrected chi connectivity index (χ2v) is 5.56. The van der Waals surface area contributed by atoms with Gasteiger partial charge in [0, 0.05) is 38.6 Å². The molecule has 2 aromatic carbocycles. The van der Waals surface area contributed by atoms with Crippen LogP contribution in [0.1, 0.15) is 23.2 Å². The van der Waals surface area contributed by atoms with E-state index in [0.717, 1.165) is 0 Å². The molecular weight excluding hydrogens is 308 g/mol. The number of Topliss-reactive ketones (excluding diaryl/α,β-unsaturated/α-hetero) is 1. The Labute approximate surface area is 139 Å². The molecule has 0 radical (unpaired) electrons. The molecule has 0 bridgehead atoms. The van der Waals surface area contributed by atoms with E-state index in [1.54, 1.807) is 56.6 Å². The SMILES string of the molecule is CN(C)C(=O)CCC(=O)c1ccc(-c2ccccc2[N+](=O)[O-])cc1. The van der Waals surface area contributed by atoms with Gasteiger partial charge in [-0.2, -0.15) is 0 Å². The van der Waals surface area contributed by atoms with Gasteiger partial charge in [0.1, 0.15) is 0 Å². The number of rotatable bonds is 6. The van der Waals surface area contributed by atoms with E-state index in [2.05, 4.69) is 0 Å². The molecule has 124 valence electrons. The predicted octanol–water partition coefficient (Wildman–Crippen LogP) is 3.31. The highest BCUT2D eigenvalue weighted by atomic mass is 16.6. The molecule has 0 unspecified atom stereocenters. The van der Waals surface area contributed by atoms with Gasteiger partial charge in [-0.3, -0.25) is 19.7 Å². The average molecular weight is 326 g/mol. The third-order valence-corrected chi connectivity index (χ3v) is 3.68. The summed E-state index contributed by atoms with van der Waals surface area (Å²) in [5.41, 5.74) is 1.68. The molecule has 0 heterocycles. The predicted molar refractivity (Wildman–Crippen MR) is 90.8 cm³/mol. The maximum absolute atomic E-state index is 12.1. The zero-order valence-corrected chi connectivity index (χ0v) is 13.6. The minimum atomic E-state index is -0.429. The van der Waals surface area contributed by atoms with E-state index < -0.39 is 4.92 Å². The van der Waals surface area contributed by atoms with Crippen LogP contribution < -0.4 is 0 Å². The molecule has 0 aromatic heterocycles. The zero-order valence-electron chi connectivity index (χ0n) is 13.6. The number of carbonyl (C=O) groups excluding carboxylic acids is 2. The first-order valence-electron chi connectivity index (χ1n) is 7.47. The van der Waals surface area contributed by atoms with Gasteiger partial charge in [-0.15, -0.1) is 0 Å². The van der Waals surface area contributed by atoms with Gasteiger partial charge >= 0.3 is 0 Å². The quantitative estimate of drug-likeness (QED) is 0.463. The highest BCUT2D eigenvalue weighted by Gasteiger charge is 2.15. The number of amides is 1. The second kappa shape index (κ2) is 7.50. The van der Waals surface area contributed by atoms with Gasteiger partial charge in [0.2, 0.25) is 5.91 Å². The van der Waals surface area contributed by atoms with Crippen LogP contribution in [-0.2, 0) is 4.79 Å². The minimum Gasteiger partial charge on any atom is -0.349 e. The van der Waals surface area contributed by atoms with Crippen molar-refractivity contribution < 1.29 is 14.5 Å². The number of hydrogen-bond donors (Lipinski definition) is 0. The lowest BCUT2D eigenvalue weighted by Gasteiger charge is -2.09. The number of ketones is 1. The summed E-state index contributed by atoms with van der Waals surface area (Å²) in [5, 5.41) is 11.1. The van der Waals surface area contributed by atoms with Crippen LogP contribution in [0.4, 0.5) is 5.69 Å². The van der Waals surface area contributed by atoms with Gasteiger partial charge < -0.3 is 4.90 Å². The first-order valence-corrected chi connectivity index (χ1v) is 7.47. The number of nitrogens with zero attached hydrogens (tertiary/aromatic N) is 2. The van der Waals surface area contributed by atoms with E-state index in [9.17, 15) is 19.7 Å². The van der Waals surface area contributed by atoms with Gasteiger partial charge in [0.25, 0.3) is 5.69 Å². The summed E-state index contributed by atoms with van der Waals surface area (Å²) >= 11 is 0.